The molecule has 2 aromatic rings. The number of nitrogens with zero attached hydrogens (tertiary/aromatic N) is 3. The molecule has 1 saturated heterocycles. The monoisotopic (exact) mass is 377 g/mol. The molecule has 1 aromatic carbocycles. The van der Waals surface area contributed by atoms with Crippen molar-refractivity contribution < 1.29 is 4.79 Å². The summed E-state index contributed by atoms with van der Waals surface area (Å²) in [6.45, 7) is 5.61. The molecule has 0 N–H and O–H groups in total. The second kappa shape index (κ2) is 8.81. The van der Waals surface area contributed by atoms with Gasteiger partial charge in [-0.2, -0.15) is 0 Å². The van der Waals surface area contributed by atoms with Gasteiger partial charge in [0.15, 0.2) is 0 Å². The number of likely N-dealkylation sites (N-methyl/N-ethyl adjacent to an activating group) is 1. The molecule has 0 spiro atoms. The second-order valence-corrected chi connectivity index (χ2v) is 7.94. The number of amides is 1. The molecule has 1 amide bonds. The van der Waals surface area contributed by atoms with Crippen LogP contribution in [-0.2, 0) is 17.9 Å². The van der Waals surface area contributed by atoms with Gasteiger partial charge in [-0.15, -0.1) is 11.3 Å². The van der Waals surface area contributed by atoms with Crippen LogP contribution in [0.4, 0.5) is 0 Å². The van der Waals surface area contributed by atoms with E-state index in [2.05, 4.69) is 22.4 Å². The summed E-state index contributed by atoms with van der Waals surface area (Å²) in [4.78, 5) is 20.4. The lowest BCUT2D eigenvalue weighted by Gasteiger charge is -2.35. The largest absolute Gasteiger partial charge is 0.339 e. The van der Waals surface area contributed by atoms with E-state index in [-0.39, 0.29) is 5.91 Å². The molecule has 1 aliphatic heterocycles. The van der Waals surface area contributed by atoms with Gasteiger partial charge in [0.1, 0.15) is 0 Å². The van der Waals surface area contributed by atoms with E-state index >= 15 is 0 Å². The molecule has 0 aliphatic carbocycles. The first kappa shape index (κ1) is 18.4. The first-order valence-electron chi connectivity index (χ1n) is 8.56. The molecule has 1 fully saturated rings. The highest BCUT2D eigenvalue weighted by molar-refractivity contribution is 7.09. The third-order valence-corrected chi connectivity index (χ3v) is 5.72. The predicted molar refractivity (Wildman–Crippen MR) is 104 cm³/mol. The zero-order valence-corrected chi connectivity index (χ0v) is 16.1. The smallest absolute Gasteiger partial charge is 0.236 e. The van der Waals surface area contributed by atoms with Crippen LogP contribution in [0, 0.1) is 0 Å². The van der Waals surface area contributed by atoms with E-state index in [0.717, 1.165) is 43.3 Å². The summed E-state index contributed by atoms with van der Waals surface area (Å²) in [5.41, 5.74) is 1.06. The fourth-order valence-electron chi connectivity index (χ4n) is 3.08. The highest BCUT2D eigenvalue weighted by Crippen LogP contribution is 2.17. The summed E-state index contributed by atoms with van der Waals surface area (Å²) in [6.07, 6.45) is 0. The third kappa shape index (κ3) is 5.28. The first-order valence-corrected chi connectivity index (χ1v) is 9.82. The normalized spacial score (nSPS) is 15.7. The zero-order chi connectivity index (χ0) is 17.6. The molecule has 0 saturated carbocycles. The lowest BCUT2D eigenvalue weighted by atomic mass is 10.2. The van der Waals surface area contributed by atoms with Crippen molar-refractivity contribution in [2.45, 2.75) is 13.1 Å². The maximum absolute atomic E-state index is 12.5. The van der Waals surface area contributed by atoms with E-state index in [1.807, 2.05) is 41.1 Å². The number of benzene rings is 1. The van der Waals surface area contributed by atoms with Crippen molar-refractivity contribution in [2.24, 2.45) is 0 Å². The number of piperazine rings is 1. The van der Waals surface area contributed by atoms with Gasteiger partial charge in [-0.1, -0.05) is 35.9 Å². The van der Waals surface area contributed by atoms with Crippen molar-refractivity contribution >= 4 is 28.8 Å². The van der Waals surface area contributed by atoms with Gasteiger partial charge in [0.05, 0.1) is 6.54 Å². The molecule has 1 aliphatic rings. The molecule has 0 atom stereocenters. The molecule has 25 heavy (non-hydrogen) atoms. The Hall–Kier alpha value is -1.40. The lowest BCUT2D eigenvalue weighted by molar-refractivity contribution is -0.134. The summed E-state index contributed by atoms with van der Waals surface area (Å²) in [7, 11) is 1.97. The lowest BCUT2D eigenvalue weighted by Crippen LogP contribution is -2.50. The Kier molecular flexibility index (Phi) is 6.48. The van der Waals surface area contributed by atoms with Crippen LogP contribution in [-0.4, -0.2) is 60.4 Å². The molecular formula is C19H24ClN3OS. The van der Waals surface area contributed by atoms with Crippen LogP contribution in [0.25, 0.3) is 0 Å². The molecule has 1 aromatic heterocycles. The zero-order valence-electron chi connectivity index (χ0n) is 14.5. The number of carbonyl (C=O) groups excluding carboxylic acids is 1. The van der Waals surface area contributed by atoms with Crippen molar-refractivity contribution in [3.63, 3.8) is 0 Å². The van der Waals surface area contributed by atoms with Gasteiger partial charge >= 0.3 is 0 Å². The van der Waals surface area contributed by atoms with Crippen molar-refractivity contribution in [1.29, 1.82) is 0 Å². The predicted octanol–water partition coefficient (Wildman–Crippen LogP) is 3.18. The molecule has 0 unspecified atom stereocenters. The SMILES string of the molecule is CN(CC(=O)N1CCN(Cc2cccs2)CC1)Cc1ccccc1Cl. The number of hydrogen-bond donors (Lipinski definition) is 0. The first-order chi connectivity index (χ1) is 12.1. The van der Waals surface area contributed by atoms with E-state index in [1.54, 1.807) is 11.3 Å². The minimum Gasteiger partial charge on any atom is -0.339 e. The average molecular weight is 378 g/mol. The quantitative estimate of drug-likeness (QED) is 0.773. The molecule has 134 valence electrons. The van der Waals surface area contributed by atoms with Crippen LogP contribution in [0.5, 0.6) is 0 Å². The molecule has 2 heterocycles. The summed E-state index contributed by atoms with van der Waals surface area (Å²) in [5.74, 6) is 0.199. The Morgan fingerprint density at radius 1 is 1.16 bits per heavy atom. The number of thiophene rings is 1. The Balaban J connectivity index is 1.43. The molecular weight excluding hydrogens is 354 g/mol. The van der Waals surface area contributed by atoms with Crippen molar-refractivity contribution in [2.75, 3.05) is 39.8 Å². The van der Waals surface area contributed by atoms with Gasteiger partial charge in [-0.3, -0.25) is 14.6 Å². The second-order valence-electron chi connectivity index (χ2n) is 6.50. The average Bonchev–Trinajstić information content (AvgIpc) is 3.10. The van der Waals surface area contributed by atoms with Crippen LogP contribution in [0.15, 0.2) is 41.8 Å². The minimum atomic E-state index is 0.199. The van der Waals surface area contributed by atoms with E-state index < -0.39 is 0 Å². The van der Waals surface area contributed by atoms with Crippen LogP contribution in [0.1, 0.15) is 10.4 Å². The van der Waals surface area contributed by atoms with Crippen LogP contribution in [0.2, 0.25) is 5.02 Å². The Morgan fingerprint density at radius 2 is 1.92 bits per heavy atom. The van der Waals surface area contributed by atoms with E-state index in [9.17, 15) is 4.79 Å². The molecule has 0 bridgehead atoms. The van der Waals surface area contributed by atoms with E-state index in [1.165, 1.54) is 4.88 Å². The van der Waals surface area contributed by atoms with Gasteiger partial charge < -0.3 is 4.90 Å². The Bertz CT molecular complexity index is 684. The Morgan fingerprint density at radius 3 is 2.60 bits per heavy atom. The number of rotatable bonds is 6. The number of hydrogen-bond acceptors (Lipinski definition) is 4. The summed E-state index contributed by atoms with van der Waals surface area (Å²) < 4.78 is 0. The fraction of sp³-hybridized carbons (Fsp3) is 0.421. The molecule has 0 radical (unpaired) electrons. The summed E-state index contributed by atoms with van der Waals surface area (Å²) >= 11 is 8.00. The fourth-order valence-corrected chi connectivity index (χ4v) is 4.02. The van der Waals surface area contributed by atoms with Crippen LogP contribution >= 0.6 is 22.9 Å². The minimum absolute atomic E-state index is 0.199. The van der Waals surface area contributed by atoms with E-state index in [0.29, 0.717) is 13.1 Å². The molecule has 3 rings (SSSR count). The van der Waals surface area contributed by atoms with Crippen molar-refractivity contribution in [1.82, 2.24) is 14.7 Å². The van der Waals surface area contributed by atoms with Gasteiger partial charge in [-0.05, 0) is 30.1 Å². The van der Waals surface area contributed by atoms with Crippen molar-refractivity contribution in [3.8, 4) is 0 Å². The van der Waals surface area contributed by atoms with E-state index in [4.69, 9.17) is 11.6 Å². The van der Waals surface area contributed by atoms with Crippen LogP contribution < -0.4 is 0 Å². The van der Waals surface area contributed by atoms with Crippen molar-refractivity contribution in [3.05, 3.63) is 57.2 Å². The standard InChI is InChI=1S/C19H24ClN3OS/c1-21(13-16-5-2-3-7-18(16)20)15-19(24)23-10-8-22(9-11-23)14-17-6-4-12-25-17/h2-7,12H,8-11,13-15H2,1H3. The van der Waals surface area contributed by atoms with Gasteiger partial charge in [0.2, 0.25) is 5.91 Å². The summed E-state index contributed by atoms with van der Waals surface area (Å²) in [6, 6.07) is 12.1. The van der Waals surface area contributed by atoms with Gasteiger partial charge in [-0.25, -0.2) is 0 Å². The van der Waals surface area contributed by atoms with Gasteiger partial charge in [0.25, 0.3) is 0 Å². The molecule has 6 heteroatoms. The maximum atomic E-state index is 12.5. The molecule has 4 nitrogen and oxygen atoms in total. The van der Waals surface area contributed by atoms with Gasteiger partial charge in [0, 0.05) is 49.2 Å². The highest BCUT2D eigenvalue weighted by atomic mass is 35.5. The Labute approximate surface area is 158 Å². The topological polar surface area (TPSA) is 26.8 Å². The maximum Gasteiger partial charge on any atom is 0.236 e. The number of halogens is 1. The number of carbonyl (C=O) groups is 1. The highest BCUT2D eigenvalue weighted by Gasteiger charge is 2.22. The summed E-state index contributed by atoms with van der Waals surface area (Å²) in [5, 5.41) is 2.87. The third-order valence-electron chi connectivity index (χ3n) is 4.49. The van der Waals surface area contributed by atoms with Crippen LogP contribution in [0.3, 0.4) is 0 Å².